The van der Waals surface area contributed by atoms with Gasteiger partial charge in [0.05, 0.1) is 30.5 Å². The van der Waals surface area contributed by atoms with Gasteiger partial charge in [0.25, 0.3) is 0 Å². The Morgan fingerprint density at radius 3 is 2.73 bits per heavy atom. The number of aliphatic hydroxyl groups excluding tert-OH is 3. The van der Waals surface area contributed by atoms with E-state index in [4.69, 9.17) is 4.74 Å². The number of aromatic nitrogens is 3. The molecule has 1 fully saturated rings. The van der Waals surface area contributed by atoms with E-state index in [0.29, 0.717) is 11.5 Å². The number of aryl methyl sites for hydroxylation is 1. The first-order chi connectivity index (χ1) is 10.6. The summed E-state index contributed by atoms with van der Waals surface area (Å²) < 4.78 is 7.58. The molecule has 3 N–H and O–H groups in total. The minimum Gasteiger partial charge on any atom is -0.475 e. The van der Waals surface area contributed by atoms with Gasteiger partial charge in [0, 0.05) is 24.6 Å². The Morgan fingerprint density at radius 1 is 1.18 bits per heavy atom. The molecule has 0 bridgehead atoms. The van der Waals surface area contributed by atoms with Crippen molar-refractivity contribution in [2.75, 3.05) is 5.75 Å². The maximum Gasteiger partial charge on any atom is 0.173 e. The number of thioether (sulfide) groups is 1. The summed E-state index contributed by atoms with van der Waals surface area (Å²) in [6, 6.07) is 1.80. The fraction of sp³-hybridized carbons (Fsp3) is 0.429. The van der Waals surface area contributed by atoms with Crippen molar-refractivity contribution < 1.29 is 20.1 Å². The van der Waals surface area contributed by atoms with Crippen LogP contribution in [0.1, 0.15) is 0 Å². The Bertz CT molecular complexity index is 651. The van der Waals surface area contributed by atoms with Gasteiger partial charge >= 0.3 is 0 Å². The largest absolute Gasteiger partial charge is 0.475 e. The molecule has 0 amide bonds. The van der Waals surface area contributed by atoms with Crippen molar-refractivity contribution in [3.05, 3.63) is 31.0 Å². The van der Waals surface area contributed by atoms with E-state index in [2.05, 4.69) is 9.97 Å². The predicted octanol–water partition coefficient (Wildman–Crippen LogP) is 0.0165. The molecule has 2 aromatic rings. The summed E-state index contributed by atoms with van der Waals surface area (Å²) in [5, 5.41) is 29.2. The first-order valence-corrected chi connectivity index (χ1v) is 7.85. The van der Waals surface area contributed by atoms with Crippen LogP contribution in [-0.2, 0) is 7.05 Å². The maximum absolute atomic E-state index is 9.98. The topological polar surface area (TPSA) is 101 Å². The third-order valence-electron chi connectivity index (χ3n) is 3.53. The Labute approximate surface area is 131 Å². The van der Waals surface area contributed by atoms with Crippen molar-refractivity contribution in [2.24, 2.45) is 7.05 Å². The van der Waals surface area contributed by atoms with E-state index in [1.165, 1.54) is 11.8 Å². The standard InChI is InChI=1S/C14H17N3O4S/c1-17-7-16-5-10(17)8-2-9(4-15-3-8)21-14-13(20)12(19)11(18)6-22-14/h2-5,7,11-14,18-20H,6H2,1H3/t11-,12+,13-,14+/m1/s1. The molecule has 0 saturated carbocycles. The molecule has 0 spiro atoms. The number of ether oxygens (including phenoxy) is 1. The van der Waals surface area contributed by atoms with Crippen LogP contribution in [0.15, 0.2) is 31.0 Å². The molecule has 1 saturated heterocycles. The molecule has 0 aliphatic carbocycles. The zero-order valence-corrected chi connectivity index (χ0v) is 12.7. The van der Waals surface area contributed by atoms with Crippen molar-refractivity contribution >= 4 is 11.8 Å². The van der Waals surface area contributed by atoms with E-state index in [0.717, 1.165) is 11.3 Å². The summed E-state index contributed by atoms with van der Waals surface area (Å²) in [7, 11) is 1.88. The fourth-order valence-electron chi connectivity index (χ4n) is 2.28. The lowest BCUT2D eigenvalue weighted by Gasteiger charge is -2.34. The molecule has 3 rings (SSSR count). The van der Waals surface area contributed by atoms with Crippen LogP contribution in [0.2, 0.25) is 0 Å². The number of pyridine rings is 1. The van der Waals surface area contributed by atoms with Crippen LogP contribution < -0.4 is 4.74 Å². The van der Waals surface area contributed by atoms with E-state index in [-0.39, 0.29) is 0 Å². The Balaban J connectivity index is 1.78. The van der Waals surface area contributed by atoms with Gasteiger partial charge in [-0.25, -0.2) is 4.98 Å². The summed E-state index contributed by atoms with van der Waals surface area (Å²) in [5.41, 5.74) is 1.08. The lowest BCUT2D eigenvalue weighted by atomic mass is 10.1. The molecule has 0 radical (unpaired) electrons. The second-order valence-electron chi connectivity index (χ2n) is 5.17. The van der Waals surface area contributed by atoms with Gasteiger partial charge in [-0.1, -0.05) is 0 Å². The number of imidazole rings is 1. The van der Waals surface area contributed by atoms with Gasteiger partial charge in [-0.2, -0.15) is 0 Å². The quantitative estimate of drug-likeness (QED) is 0.732. The molecule has 118 valence electrons. The second-order valence-corrected chi connectivity index (χ2v) is 6.30. The molecule has 0 unspecified atom stereocenters. The fourth-order valence-corrected chi connectivity index (χ4v) is 3.40. The van der Waals surface area contributed by atoms with Crippen LogP contribution in [0.25, 0.3) is 11.3 Å². The van der Waals surface area contributed by atoms with Crippen molar-refractivity contribution in [1.82, 2.24) is 14.5 Å². The maximum atomic E-state index is 9.98. The summed E-state index contributed by atoms with van der Waals surface area (Å²) in [6.07, 6.45) is 3.36. The summed E-state index contributed by atoms with van der Waals surface area (Å²) in [5.74, 6) is 0.788. The molecule has 0 aromatic carbocycles. The Hall–Kier alpha value is -1.61. The molecular formula is C14H17N3O4S. The van der Waals surface area contributed by atoms with Crippen LogP contribution in [-0.4, -0.2) is 59.4 Å². The minimum absolute atomic E-state index is 0.303. The average molecular weight is 323 g/mol. The molecule has 4 atom stereocenters. The van der Waals surface area contributed by atoms with Gasteiger partial charge in [-0.05, 0) is 6.07 Å². The molecule has 22 heavy (non-hydrogen) atoms. The molecule has 1 aliphatic rings. The van der Waals surface area contributed by atoms with Crippen LogP contribution in [0.3, 0.4) is 0 Å². The zero-order valence-electron chi connectivity index (χ0n) is 11.9. The molecule has 7 nitrogen and oxygen atoms in total. The van der Waals surface area contributed by atoms with E-state index in [9.17, 15) is 15.3 Å². The highest BCUT2D eigenvalue weighted by atomic mass is 32.2. The highest BCUT2D eigenvalue weighted by molar-refractivity contribution is 7.99. The van der Waals surface area contributed by atoms with E-state index in [1.807, 2.05) is 11.6 Å². The monoisotopic (exact) mass is 323 g/mol. The Kier molecular flexibility index (Phi) is 4.34. The first-order valence-electron chi connectivity index (χ1n) is 6.80. The molecule has 3 heterocycles. The van der Waals surface area contributed by atoms with Gasteiger partial charge in [-0.3, -0.25) is 4.98 Å². The van der Waals surface area contributed by atoms with Crippen LogP contribution in [0.4, 0.5) is 0 Å². The average Bonchev–Trinajstić information content (AvgIpc) is 2.94. The highest BCUT2D eigenvalue weighted by Crippen LogP contribution is 2.30. The molecule has 1 aliphatic heterocycles. The van der Waals surface area contributed by atoms with Crippen LogP contribution in [0.5, 0.6) is 5.75 Å². The smallest absolute Gasteiger partial charge is 0.173 e. The van der Waals surface area contributed by atoms with Gasteiger partial charge in [-0.15, -0.1) is 11.8 Å². The minimum atomic E-state index is -1.21. The van der Waals surface area contributed by atoms with Gasteiger partial charge in [0.15, 0.2) is 5.44 Å². The number of rotatable bonds is 3. The highest BCUT2D eigenvalue weighted by Gasteiger charge is 2.38. The number of hydrogen-bond donors (Lipinski definition) is 3. The van der Waals surface area contributed by atoms with E-state index >= 15 is 0 Å². The van der Waals surface area contributed by atoms with Crippen LogP contribution >= 0.6 is 11.8 Å². The molecular weight excluding hydrogens is 306 g/mol. The van der Waals surface area contributed by atoms with E-state index < -0.39 is 23.7 Å². The van der Waals surface area contributed by atoms with Crippen molar-refractivity contribution in [3.8, 4) is 17.0 Å². The number of hydrogen-bond acceptors (Lipinski definition) is 7. The second kappa shape index (κ2) is 6.25. The first kappa shape index (κ1) is 15.3. The summed E-state index contributed by atoms with van der Waals surface area (Å²) in [4.78, 5) is 8.20. The van der Waals surface area contributed by atoms with Gasteiger partial charge in [0.1, 0.15) is 18.0 Å². The lowest BCUT2D eigenvalue weighted by molar-refractivity contribution is -0.0786. The normalized spacial score (nSPS) is 28.5. The molecule has 8 heteroatoms. The SMILES string of the molecule is Cn1cncc1-c1cncc(O[C@H]2SC[C@@H](O)[C@H](O)[C@H]2O)c1. The molecule has 2 aromatic heterocycles. The zero-order chi connectivity index (χ0) is 15.7. The van der Waals surface area contributed by atoms with E-state index in [1.54, 1.807) is 31.0 Å². The van der Waals surface area contributed by atoms with Crippen LogP contribution in [0, 0.1) is 0 Å². The third kappa shape index (κ3) is 2.95. The van der Waals surface area contributed by atoms with Gasteiger partial charge < -0.3 is 24.6 Å². The number of aliphatic hydroxyl groups is 3. The summed E-state index contributed by atoms with van der Waals surface area (Å²) in [6.45, 7) is 0. The van der Waals surface area contributed by atoms with Crippen molar-refractivity contribution in [1.29, 1.82) is 0 Å². The Morgan fingerprint density at radius 2 is 2.00 bits per heavy atom. The predicted molar refractivity (Wildman–Crippen MR) is 81.3 cm³/mol. The number of nitrogens with zero attached hydrogens (tertiary/aromatic N) is 3. The summed E-state index contributed by atoms with van der Waals surface area (Å²) >= 11 is 1.26. The van der Waals surface area contributed by atoms with Crippen molar-refractivity contribution in [2.45, 2.75) is 23.7 Å². The van der Waals surface area contributed by atoms with Crippen molar-refractivity contribution in [3.63, 3.8) is 0 Å². The van der Waals surface area contributed by atoms with Gasteiger partial charge in [0.2, 0.25) is 0 Å². The third-order valence-corrected chi connectivity index (χ3v) is 4.77. The lowest BCUT2D eigenvalue weighted by Crippen LogP contribution is -2.50.